The molecule has 1 aromatic heterocycles. The van der Waals surface area contributed by atoms with E-state index in [1.165, 1.54) is 11.8 Å². The first kappa shape index (κ1) is 13.5. The molecule has 90 valence electrons. The lowest BCUT2D eigenvalue weighted by molar-refractivity contribution is -0.137. The quantitative estimate of drug-likeness (QED) is 0.852. The molecule has 0 aromatic carbocycles. The summed E-state index contributed by atoms with van der Waals surface area (Å²) in [5, 5.41) is 12.9. The van der Waals surface area contributed by atoms with Gasteiger partial charge in [0.2, 0.25) is 0 Å². The smallest absolute Gasteiger partial charge is 0.321 e. The van der Waals surface area contributed by atoms with Crippen LogP contribution in [0.5, 0.6) is 0 Å². The van der Waals surface area contributed by atoms with Crippen LogP contribution in [0.3, 0.4) is 0 Å². The number of hydrogen-bond acceptors (Lipinski definition) is 4. The van der Waals surface area contributed by atoms with Crippen molar-refractivity contribution in [1.82, 2.24) is 9.78 Å². The van der Waals surface area contributed by atoms with Crippen LogP contribution in [-0.4, -0.2) is 32.7 Å². The first-order chi connectivity index (χ1) is 7.43. The topological polar surface area (TPSA) is 81.1 Å². The number of nitrogens with two attached hydrogens (primary N) is 1. The zero-order chi connectivity index (χ0) is 12.3. The van der Waals surface area contributed by atoms with Crippen LogP contribution >= 0.6 is 27.7 Å². The van der Waals surface area contributed by atoms with Gasteiger partial charge < -0.3 is 10.8 Å². The maximum atomic E-state index is 10.5. The Kier molecular flexibility index (Phi) is 4.82. The van der Waals surface area contributed by atoms with E-state index in [-0.39, 0.29) is 0 Å². The molecule has 0 bridgehead atoms. The van der Waals surface area contributed by atoms with Gasteiger partial charge in [-0.05, 0) is 22.9 Å². The summed E-state index contributed by atoms with van der Waals surface area (Å²) in [6.07, 6.45) is 0. The van der Waals surface area contributed by atoms with E-state index in [1.807, 2.05) is 14.0 Å². The molecule has 16 heavy (non-hydrogen) atoms. The van der Waals surface area contributed by atoms with Crippen molar-refractivity contribution in [3.8, 4) is 0 Å². The molecular formula is C9H14BrN3O2S. The van der Waals surface area contributed by atoms with E-state index in [9.17, 15) is 4.79 Å². The number of carboxylic acid groups (broad SMARTS) is 1. The summed E-state index contributed by atoms with van der Waals surface area (Å²) >= 11 is 4.94. The van der Waals surface area contributed by atoms with Crippen molar-refractivity contribution in [2.24, 2.45) is 12.8 Å². The fraction of sp³-hybridized carbons (Fsp3) is 0.556. The summed E-state index contributed by atoms with van der Waals surface area (Å²) in [6.45, 7) is 1.92. The Balaban J connectivity index is 2.52. The predicted octanol–water partition coefficient (Wildman–Crippen LogP) is 1.14. The maximum absolute atomic E-state index is 10.5. The molecule has 7 heteroatoms. The van der Waals surface area contributed by atoms with Crippen molar-refractivity contribution in [3.63, 3.8) is 0 Å². The average Bonchev–Trinajstić information content (AvgIpc) is 2.44. The normalized spacial score (nSPS) is 12.8. The van der Waals surface area contributed by atoms with Gasteiger partial charge in [0.1, 0.15) is 6.04 Å². The second-order valence-electron chi connectivity index (χ2n) is 3.43. The minimum atomic E-state index is -0.965. The molecule has 0 radical (unpaired) electrons. The van der Waals surface area contributed by atoms with Crippen LogP contribution in [0.25, 0.3) is 0 Å². The number of carbonyl (C=O) groups is 1. The van der Waals surface area contributed by atoms with Crippen molar-refractivity contribution in [2.75, 3.05) is 5.75 Å². The van der Waals surface area contributed by atoms with E-state index in [0.29, 0.717) is 11.5 Å². The number of thioether (sulfide) groups is 1. The molecule has 0 amide bonds. The molecule has 3 N–H and O–H groups in total. The highest BCUT2D eigenvalue weighted by Crippen LogP contribution is 2.24. The van der Waals surface area contributed by atoms with Crippen LogP contribution in [0, 0.1) is 6.92 Å². The number of aromatic nitrogens is 2. The minimum absolute atomic E-state index is 0.395. The van der Waals surface area contributed by atoms with E-state index in [4.69, 9.17) is 10.8 Å². The fourth-order valence-electron chi connectivity index (χ4n) is 1.19. The lowest BCUT2D eigenvalue weighted by Gasteiger charge is -2.06. The van der Waals surface area contributed by atoms with Crippen molar-refractivity contribution in [1.29, 1.82) is 0 Å². The van der Waals surface area contributed by atoms with Gasteiger partial charge in [-0.3, -0.25) is 9.48 Å². The Labute approximate surface area is 107 Å². The van der Waals surface area contributed by atoms with Crippen LogP contribution < -0.4 is 5.73 Å². The summed E-state index contributed by atoms with van der Waals surface area (Å²) < 4.78 is 2.77. The summed E-state index contributed by atoms with van der Waals surface area (Å²) in [5.74, 6) is 0.123. The van der Waals surface area contributed by atoms with Crippen LogP contribution in [-0.2, 0) is 17.6 Å². The molecule has 0 fully saturated rings. The van der Waals surface area contributed by atoms with E-state index in [1.54, 1.807) is 4.68 Å². The summed E-state index contributed by atoms with van der Waals surface area (Å²) in [7, 11) is 1.87. The number of carboxylic acids is 1. The third kappa shape index (κ3) is 3.23. The molecule has 0 aliphatic rings. The largest absolute Gasteiger partial charge is 0.480 e. The van der Waals surface area contributed by atoms with Crippen LogP contribution in [0.15, 0.2) is 4.47 Å². The number of rotatable bonds is 5. The summed E-state index contributed by atoms with van der Waals surface area (Å²) in [4.78, 5) is 10.5. The molecule has 1 rings (SSSR count). The molecule has 1 aromatic rings. The average molecular weight is 308 g/mol. The third-order valence-corrected chi connectivity index (χ3v) is 4.22. The highest BCUT2D eigenvalue weighted by atomic mass is 79.9. The number of hydrogen-bond donors (Lipinski definition) is 2. The van der Waals surface area contributed by atoms with Gasteiger partial charge in [-0.25, -0.2) is 0 Å². The molecule has 0 aliphatic carbocycles. The zero-order valence-corrected chi connectivity index (χ0v) is 11.5. The van der Waals surface area contributed by atoms with Gasteiger partial charge in [-0.2, -0.15) is 16.9 Å². The van der Waals surface area contributed by atoms with Crippen molar-refractivity contribution < 1.29 is 9.90 Å². The number of aliphatic carboxylic acids is 1. The molecular weight excluding hydrogens is 294 g/mol. The Morgan fingerprint density at radius 3 is 2.81 bits per heavy atom. The van der Waals surface area contributed by atoms with Crippen LogP contribution in [0.1, 0.15) is 11.4 Å². The summed E-state index contributed by atoms with van der Waals surface area (Å²) in [6, 6.07) is -0.807. The second-order valence-corrected chi connectivity index (χ2v) is 5.25. The third-order valence-electron chi connectivity index (χ3n) is 2.12. The molecule has 0 saturated carbocycles. The van der Waals surface area contributed by atoms with E-state index < -0.39 is 12.0 Å². The molecule has 5 nitrogen and oxygen atoms in total. The highest BCUT2D eigenvalue weighted by molar-refractivity contribution is 9.10. The molecule has 0 saturated heterocycles. The minimum Gasteiger partial charge on any atom is -0.480 e. The number of aryl methyl sites for hydroxylation is 2. The Morgan fingerprint density at radius 1 is 1.75 bits per heavy atom. The van der Waals surface area contributed by atoms with Crippen LogP contribution in [0.4, 0.5) is 0 Å². The van der Waals surface area contributed by atoms with Crippen molar-refractivity contribution in [3.05, 3.63) is 15.9 Å². The SMILES string of the molecule is Cc1nn(C)c(CSC[C@H](N)C(=O)O)c1Br. The molecule has 0 aliphatic heterocycles. The predicted molar refractivity (Wildman–Crippen MR) is 67.4 cm³/mol. The van der Waals surface area contributed by atoms with E-state index in [2.05, 4.69) is 21.0 Å². The van der Waals surface area contributed by atoms with Gasteiger partial charge >= 0.3 is 5.97 Å². The molecule has 1 atom stereocenters. The first-order valence-electron chi connectivity index (χ1n) is 4.67. The zero-order valence-electron chi connectivity index (χ0n) is 9.11. The summed E-state index contributed by atoms with van der Waals surface area (Å²) in [5.41, 5.74) is 7.38. The van der Waals surface area contributed by atoms with Gasteiger partial charge in [0.25, 0.3) is 0 Å². The Hall–Kier alpha value is -0.530. The van der Waals surface area contributed by atoms with Gasteiger partial charge in [0.05, 0.1) is 15.9 Å². The van der Waals surface area contributed by atoms with Gasteiger partial charge in [0.15, 0.2) is 0 Å². The molecule has 0 unspecified atom stereocenters. The fourth-order valence-corrected chi connectivity index (χ4v) is 2.89. The first-order valence-corrected chi connectivity index (χ1v) is 6.62. The Bertz CT molecular complexity index is 394. The Morgan fingerprint density at radius 2 is 2.38 bits per heavy atom. The number of nitrogens with zero attached hydrogens (tertiary/aromatic N) is 2. The monoisotopic (exact) mass is 307 g/mol. The maximum Gasteiger partial charge on any atom is 0.321 e. The van der Waals surface area contributed by atoms with Crippen LogP contribution in [0.2, 0.25) is 0 Å². The van der Waals surface area contributed by atoms with Crippen molar-refractivity contribution in [2.45, 2.75) is 18.7 Å². The molecule has 0 spiro atoms. The molecule has 1 heterocycles. The lowest BCUT2D eigenvalue weighted by atomic mass is 10.4. The second kappa shape index (κ2) is 5.70. The van der Waals surface area contributed by atoms with Gasteiger partial charge in [-0.15, -0.1) is 0 Å². The standard InChI is InChI=1S/C9H14BrN3O2S/c1-5-8(10)7(13(2)12-5)4-16-3-6(11)9(14)15/h6H,3-4,11H2,1-2H3,(H,14,15)/t6-/m0/s1. The number of halogens is 1. The van der Waals surface area contributed by atoms with Gasteiger partial charge in [0, 0.05) is 18.6 Å². The lowest BCUT2D eigenvalue weighted by Crippen LogP contribution is -2.32. The van der Waals surface area contributed by atoms with Gasteiger partial charge in [-0.1, -0.05) is 0 Å². The van der Waals surface area contributed by atoms with E-state index >= 15 is 0 Å². The van der Waals surface area contributed by atoms with Crippen molar-refractivity contribution >= 4 is 33.7 Å². The highest BCUT2D eigenvalue weighted by Gasteiger charge is 2.14. The van der Waals surface area contributed by atoms with E-state index in [0.717, 1.165) is 15.9 Å².